The summed E-state index contributed by atoms with van der Waals surface area (Å²) < 4.78 is 0. The van der Waals surface area contributed by atoms with Gasteiger partial charge in [0.05, 0.1) is 0 Å². The van der Waals surface area contributed by atoms with E-state index in [-0.39, 0.29) is 10.9 Å². The average Bonchev–Trinajstić information content (AvgIpc) is 3.15. The van der Waals surface area contributed by atoms with Gasteiger partial charge in [-0.15, -0.1) is 0 Å². The van der Waals surface area contributed by atoms with Gasteiger partial charge >= 0.3 is 0 Å². The molecule has 0 heterocycles. The Labute approximate surface area is 150 Å². The molecule has 2 nitrogen and oxygen atoms in total. The minimum Gasteiger partial charge on any atom is -0.289 e. The quantitative estimate of drug-likeness (QED) is 0.461. The predicted molar refractivity (Wildman–Crippen MR) is 106 cm³/mol. The lowest BCUT2D eigenvalue weighted by Gasteiger charge is -2.00. The molecule has 0 bridgehead atoms. The Kier molecular flexibility index (Phi) is 3.13. The normalized spacial score (nSPS) is 11.4. The number of fused-ring (bicyclic) bond motifs is 3. The molecule has 5 rings (SSSR count). The molecule has 0 aliphatic heterocycles. The van der Waals surface area contributed by atoms with Crippen LogP contribution < -0.4 is 10.9 Å². The van der Waals surface area contributed by atoms with Crippen molar-refractivity contribution in [2.75, 3.05) is 0 Å². The van der Waals surface area contributed by atoms with Crippen molar-refractivity contribution in [3.8, 4) is 33.4 Å². The van der Waals surface area contributed by atoms with Crippen molar-refractivity contribution < 1.29 is 0 Å². The van der Waals surface area contributed by atoms with E-state index in [4.69, 9.17) is 0 Å². The van der Waals surface area contributed by atoms with Crippen molar-refractivity contribution in [1.29, 1.82) is 0 Å². The summed E-state index contributed by atoms with van der Waals surface area (Å²) >= 11 is 0. The van der Waals surface area contributed by atoms with E-state index in [1.165, 1.54) is 0 Å². The molecule has 0 saturated carbocycles. The first kappa shape index (κ1) is 14.8. The highest BCUT2D eigenvalue weighted by molar-refractivity contribution is 6.13. The van der Waals surface area contributed by atoms with Gasteiger partial charge in [-0.05, 0) is 16.5 Å². The number of benzene rings is 3. The Bertz CT molecular complexity index is 1290. The van der Waals surface area contributed by atoms with Crippen LogP contribution in [0.1, 0.15) is 0 Å². The molecule has 3 aromatic rings. The topological polar surface area (TPSA) is 34.1 Å². The van der Waals surface area contributed by atoms with Crippen molar-refractivity contribution in [2.45, 2.75) is 0 Å². The van der Waals surface area contributed by atoms with Gasteiger partial charge in [0.2, 0.25) is 0 Å². The van der Waals surface area contributed by atoms with Crippen molar-refractivity contribution in [2.24, 2.45) is 0 Å². The molecular weight excluding hydrogens is 320 g/mol. The summed E-state index contributed by atoms with van der Waals surface area (Å²) in [5, 5.41) is 1.53. The Morgan fingerprint density at radius 3 is 1.42 bits per heavy atom. The number of rotatable bonds is 2. The van der Waals surface area contributed by atoms with Crippen molar-refractivity contribution >= 4 is 10.8 Å². The summed E-state index contributed by atoms with van der Waals surface area (Å²) in [6.45, 7) is 0. The van der Waals surface area contributed by atoms with Crippen LogP contribution in [0.2, 0.25) is 0 Å². The second kappa shape index (κ2) is 5.50. The van der Waals surface area contributed by atoms with Gasteiger partial charge < -0.3 is 0 Å². The molecule has 0 atom stereocenters. The Morgan fingerprint density at radius 2 is 0.846 bits per heavy atom. The molecule has 2 aliphatic carbocycles. The fourth-order valence-electron chi connectivity index (χ4n) is 3.89. The third-order valence-electron chi connectivity index (χ3n) is 5.00. The van der Waals surface area contributed by atoms with Gasteiger partial charge in [-0.1, -0.05) is 84.9 Å². The Hall–Kier alpha value is -3.52. The van der Waals surface area contributed by atoms with Crippen LogP contribution in [-0.4, -0.2) is 0 Å². The first-order chi connectivity index (χ1) is 12.8. The molecule has 2 heteroatoms. The SMILES string of the molecule is O=c1c(-c2ccccc2)c2c(=O)c3ccccc3c-2c1-c1ccccc1. The first-order valence-electron chi connectivity index (χ1n) is 8.56. The van der Waals surface area contributed by atoms with E-state index in [1.807, 2.05) is 84.9 Å². The maximum Gasteiger partial charge on any atom is 0.195 e. The van der Waals surface area contributed by atoms with Crippen LogP contribution in [-0.2, 0) is 0 Å². The average molecular weight is 334 g/mol. The zero-order valence-corrected chi connectivity index (χ0v) is 13.9. The van der Waals surface area contributed by atoms with Crippen LogP contribution in [0.4, 0.5) is 0 Å². The van der Waals surface area contributed by atoms with Gasteiger partial charge in [0.25, 0.3) is 0 Å². The van der Waals surface area contributed by atoms with E-state index in [2.05, 4.69) is 0 Å². The van der Waals surface area contributed by atoms with Crippen LogP contribution in [0.5, 0.6) is 0 Å². The van der Waals surface area contributed by atoms with Crippen LogP contribution in [0.3, 0.4) is 0 Å². The molecular formula is C24H14O2. The number of hydrogen-bond acceptors (Lipinski definition) is 2. The molecule has 0 unspecified atom stereocenters. The van der Waals surface area contributed by atoms with Crippen LogP contribution in [0.15, 0.2) is 94.5 Å². The van der Waals surface area contributed by atoms with E-state index in [0.717, 1.165) is 22.1 Å². The number of hydrogen-bond donors (Lipinski definition) is 0. The summed E-state index contributed by atoms with van der Waals surface area (Å²) in [7, 11) is 0. The lowest BCUT2D eigenvalue weighted by atomic mass is 10.0. The Morgan fingerprint density at radius 1 is 0.385 bits per heavy atom. The summed E-state index contributed by atoms with van der Waals surface area (Å²) in [6, 6.07) is 26.6. The highest BCUT2D eigenvalue weighted by atomic mass is 16.1. The Balaban J connectivity index is 2.02. The molecule has 0 amide bonds. The fraction of sp³-hybridized carbons (Fsp3) is 0. The van der Waals surface area contributed by atoms with Crippen molar-refractivity contribution in [3.63, 3.8) is 0 Å². The summed E-state index contributed by atoms with van der Waals surface area (Å²) in [5.41, 5.74) is 3.96. The first-order valence-corrected chi connectivity index (χ1v) is 8.56. The predicted octanol–water partition coefficient (Wildman–Crippen LogP) is 4.87. The second-order valence-electron chi connectivity index (χ2n) is 6.44. The minimum atomic E-state index is -0.0738. The van der Waals surface area contributed by atoms with Crippen molar-refractivity contribution in [1.82, 2.24) is 0 Å². The lowest BCUT2D eigenvalue weighted by molar-refractivity contribution is 1.60. The van der Waals surface area contributed by atoms with Gasteiger partial charge in [0.15, 0.2) is 10.9 Å². The summed E-state index contributed by atoms with van der Waals surface area (Å²) in [6.07, 6.45) is 0. The molecule has 0 saturated heterocycles. The largest absolute Gasteiger partial charge is 0.289 e. The zero-order chi connectivity index (χ0) is 17.7. The fourth-order valence-corrected chi connectivity index (χ4v) is 3.89. The molecule has 26 heavy (non-hydrogen) atoms. The van der Waals surface area contributed by atoms with Gasteiger partial charge in [-0.25, -0.2) is 0 Å². The third-order valence-corrected chi connectivity index (χ3v) is 5.00. The molecule has 2 aliphatic rings. The molecule has 3 aromatic carbocycles. The molecule has 0 N–H and O–H groups in total. The molecule has 0 radical (unpaired) electrons. The lowest BCUT2D eigenvalue weighted by Crippen LogP contribution is -2.04. The highest BCUT2D eigenvalue weighted by Crippen LogP contribution is 2.42. The second-order valence-corrected chi connectivity index (χ2v) is 6.44. The molecule has 122 valence electrons. The third kappa shape index (κ3) is 1.93. The highest BCUT2D eigenvalue weighted by Gasteiger charge is 2.30. The maximum absolute atomic E-state index is 13.4. The van der Waals surface area contributed by atoms with Crippen molar-refractivity contribution in [3.05, 3.63) is 105 Å². The van der Waals surface area contributed by atoms with Crippen LogP contribution in [0, 0.1) is 0 Å². The summed E-state index contributed by atoms with van der Waals surface area (Å²) in [4.78, 5) is 26.5. The van der Waals surface area contributed by atoms with E-state index in [1.54, 1.807) is 0 Å². The van der Waals surface area contributed by atoms with Gasteiger partial charge in [-0.3, -0.25) is 9.59 Å². The van der Waals surface area contributed by atoms with Gasteiger partial charge in [0.1, 0.15) is 0 Å². The zero-order valence-electron chi connectivity index (χ0n) is 13.9. The van der Waals surface area contributed by atoms with E-state index >= 15 is 0 Å². The molecule has 0 aromatic heterocycles. The van der Waals surface area contributed by atoms with E-state index < -0.39 is 0 Å². The van der Waals surface area contributed by atoms with E-state index in [9.17, 15) is 9.59 Å². The minimum absolute atomic E-state index is 0.0614. The summed E-state index contributed by atoms with van der Waals surface area (Å²) in [5.74, 6) is 0. The maximum atomic E-state index is 13.4. The molecule has 0 fully saturated rings. The standard InChI is InChI=1S/C24H14O2/c25-23-18-14-8-7-13-17(18)21-19(15-9-3-1-4-10-15)24(26)20(22(21)23)16-11-5-2-6-12-16/h1-14H. The van der Waals surface area contributed by atoms with Gasteiger partial charge in [0, 0.05) is 27.6 Å². The van der Waals surface area contributed by atoms with Gasteiger partial charge in [-0.2, -0.15) is 0 Å². The van der Waals surface area contributed by atoms with Crippen LogP contribution in [0.25, 0.3) is 44.2 Å². The monoisotopic (exact) mass is 334 g/mol. The van der Waals surface area contributed by atoms with E-state index in [0.29, 0.717) is 22.1 Å². The smallest absolute Gasteiger partial charge is 0.195 e. The molecule has 0 spiro atoms. The van der Waals surface area contributed by atoms with Crippen LogP contribution >= 0.6 is 0 Å².